The van der Waals surface area contributed by atoms with Crippen molar-refractivity contribution in [2.24, 2.45) is 0 Å². The van der Waals surface area contributed by atoms with Gasteiger partial charge in [0.1, 0.15) is 0 Å². The van der Waals surface area contributed by atoms with Crippen LogP contribution in [0, 0.1) is 6.92 Å². The molecule has 0 fully saturated rings. The van der Waals surface area contributed by atoms with Crippen LogP contribution in [0.2, 0.25) is 10.0 Å². The molecule has 100 valence electrons. The van der Waals surface area contributed by atoms with Crippen molar-refractivity contribution in [1.29, 1.82) is 0 Å². The summed E-state index contributed by atoms with van der Waals surface area (Å²) in [5, 5.41) is 4.98. The molecule has 1 N–H and O–H groups in total. The zero-order valence-corrected chi connectivity index (χ0v) is 12.6. The van der Waals surface area contributed by atoms with Crippen molar-refractivity contribution in [2.45, 2.75) is 19.9 Å². The summed E-state index contributed by atoms with van der Waals surface area (Å²) >= 11 is 12.5. The molecule has 0 radical (unpaired) electrons. The third kappa shape index (κ3) is 3.50. The molecule has 2 aromatic rings. The fourth-order valence-corrected chi connectivity index (χ4v) is 2.71. The van der Waals surface area contributed by atoms with E-state index in [0.29, 0.717) is 0 Å². The van der Waals surface area contributed by atoms with Crippen LogP contribution in [-0.4, -0.2) is 6.54 Å². The first-order valence-corrected chi connectivity index (χ1v) is 7.12. The van der Waals surface area contributed by atoms with E-state index in [9.17, 15) is 0 Å². The van der Waals surface area contributed by atoms with Crippen LogP contribution >= 0.6 is 23.2 Å². The van der Waals surface area contributed by atoms with Crippen LogP contribution < -0.4 is 5.32 Å². The van der Waals surface area contributed by atoms with E-state index in [1.165, 1.54) is 0 Å². The Balaban J connectivity index is 2.45. The van der Waals surface area contributed by atoms with Gasteiger partial charge in [0.05, 0.1) is 6.04 Å². The summed E-state index contributed by atoms with van der Waals surface area (Å²) in [7, 11) is 0. The quantitative estimate of drug-likeness (QED) is 0.836. The predicted molar refractivity (Wildman–Crippen MR) is 83.2 cm³/mol. The minimum Gasteiger partial charge on any atom is -0.306 e. The lowest BCUT2D eigenvalue weighted by Crippen LogP contribution is -2.22. The fourth-order valence-electron chi connectivity index (χ4n) is 2.16. The summed E-state index contributed by atoms with van der Waals surface area (Å²) in [6.07, 6.45) is 0. The van der Waals surface area contributed by atoms with E-state index in [2.05, 4.69) is 30.4 Å². The number of aryl methyl sites for hydroxylation is 1. The maximum Gasteiger partial charge on any atom is 0.0591 e. The highest BCUT2D eigenvalue weighted by molar-refractivity contribution is 6.31. The van der Waals surface area contributed by atoms with Crippen molar-refractivity contribution in [3.05, 3.63) is 69.2 Å². The number of rotatable bonds is 4. The molecule has 0 amide bonds. The second-order valence-electron chi connectivity index (χ2n) is 4.57. The molecule has 0 aromatic heterocycles. The van der Waals surface area contributed by atoms with E-state index >= 15 is 0 Å². The average Bonchev–Trinajstić information content (AvgIpc) is 2.37. The summed E-state index contributed by atoms with van der Waals surface area (Å²) in [5.41, 5.74) is 3.37. The molecule has 1 nitrogen and oxygen atoms in total. The number of hydrogen-bond acceptors (Lipinski definition) is 1. The molecule has 0 heterocycles. The molecule has 0 aliphatic carbocycles. The van der Waals surface area contributed by atoms with Crippen LogP contribution in [0.1, 0.15) is 29.7 Å². The van der Waals surface area contributed by atoms with Gasteiger partial charge in [0.15, 0.2) is 0 Å². The van der Waals surface area contributed by atoms with Gasteiger partial charge in [-0.2, -0.15) is 0 Å². The van der Waals surface area contributed by atoms with Crippen LogP contribution in [-0.2, 0) is 0 Å². The fraction of sp³-hybridized carbons (Fsp3) is 0.250. The lowest BCUT2D eigenvalue weighted by molar-refractivity contribution is 0.631. The third-order valence-electron chi connectivity index (χ3n) is 3.06. The van der Waals surface area contributed by atoms with Crippen molar-refractivity contribution in [2.75, 3.05) is 6.54 Å². The molecule has 2 aromatic carbocycles. The Bertz CT molecular complexity index is 566. The topological polar surface area (TPSA) is 12.0 Å². The Morgan fingerprint density at radius 2 is 1.89 bits per heavy atom. The van der Waals surface area contributed by atoms with Gasteiger partial charge in [-0.05, 0) is 48.4 Å². The van der Waals surface area contributed by atoms with Crippen molar-refractivity contribution in [3.8, 4) is 0 Å². The molecule has 0 aliphatic rings. The van der Waals surface area contributed by atoms with Crippen molar-refractivity contribution in [3.63, 3.8) is 0 Å². The van der Waals surface area contributed by atoms with Crippen molar-refractivity contribution >= 4 is 23.2 Å². The molecule has 0 aliphatic heterocycles. The smallest absolute Gasteiger partial charge is 0.0591 e. The Morgan fingerprint density at radius 3 is 2.53 bits per heavy atom. The largest absolute Gasteiger partial charge is 0.306 e. The molecule has 1 unspecified atom stereocenters. The highest BCUT2D eigenvalue weighted by Gasteiger charge is 2.16. The Hall–Kier alpha value is -1.02. The number of benzene rings is 2. The van der Waals surface area contributed by atoms with Gasteiger partial charge < -0.3 is 5.32 Å². The van der Waals surface area contributed by atoms with Gasteiger partial charge in [0.2, 0.25) is 0 Å². The third-order valence-corrected chi connectivity index (χ3v) is 3.62. The van der Waals surface area contributed by atoms with E-state index in [0.717, 1.165) is 33.3 Å². The van der Waals surface area contributed by atoms with Gasteiger partial charge in [-0.3, -0.25) is 0 Å². The van der Waals surface area contributed by atoms with E-state index in [-0.39, 0.29) is 6.04 Å². The number of hydrogen-bond donors (Lipinski definition) is 1. The average molecular weight is 294 g/mol. The van der Waals surface area contributed by atoms with Crippen LogP contribution in [0.4, 0.5) is 0 Å². The monoisotopic (exact) mass is 293 g/mol. The minimum atomic E-state index is 0.0665. The lowest BCUT2D eigenvalue weighted by atomic mass is 9.97. The summed E-state index contributed by atoms with van der Waals surface area (Å²) in [5.74, 6) is 0. The summed E-state index contributed by atoms with van der Waals surface area (Å²) in [6, 6.07) is 14.1. The second-order valence-corrected chi connectivity index (χ2v) is 5.41. The Kier molecular flexibility index (Phi) is 4.87. The van der Waals surface area contributed by atoms with Crippen molar-refractivity contribution < 1.29 is 0 Å². The maximum absolute atomic E-state index is 6.38. The van der Waals surface area contributed by atoms with Crippen LogP contribution in [0.3, 0.4) is 0 Å². The first-order valence-electron chi connectivity index (χ1n) is 6.36. The van der Waals surface area contributed by atoms with E-state index in [4.69, 9.17) is 23.2 Å². The number of nitrogens with one attached hydrogen (secondary N) is 1. The maximum atomic E-state index is 6.38. The van der Waals surface area contributed by atoms with Crippen molar-refractivity contribution in [1.82, 2.24) is 5.32 Å². The van der Waals surface area contributed by atoms with Gasteiger partial charge >= 0.3 is 0 Å². The highest BCUT2D eigenvalue weighted by Crippen LogP contribution is 2.30. The molecule has 19 heavy (non-hydrogen) atoms. The molecular weight excluding hydrogens is 277 g/mol. The molecular formula is C16H17Cl2N. The normalized spacial score (nSPS) is 12.4. The zero-order chi connectivity index (χ0) is 13.8. The van der Waals surface area contributed by atoms with Crippen LogP contribution in [0.5, 0.6) is 0 Å². The Morgan fingerprint density at radius 1 is 1.11 bits per heavy atom. The van der Waals surface area contributed by atoms with Crippen LogP contribution in [0.15, 0.2) is 42.5 Å². The molecule has 0 bridgehead atoms. The van der Waals surface area contributed by atoms with Gasteiger partial charge in [-0.1, -0.05) is 54.4 Å². The molecule has 1 atom stereocenters. The molecule has 0 saturated carbocycles. The summed E-state index contributed by atoms with van der Waals surface area (Å²) in [6.45, 7) is 4.98. The zero-order valence-electron chi connectivity index (χ0n) is 11.1. The highest BCUT2D eigenvalue weighted by atomic mass is 35.5. The van der Waals surface area contributed by atoms with E-state index in [1.54, 1.807) is 0 Å². The lowest BCUT2D eigenvalue weighted by Gasteiger charge is -2.20. The first-order chi connectivity index (χ1) is 9.11. The molecule has 3 heteroatoms. The minimum absolute atomic E-state index is 0.0665. The second kappa shape index (κ2) is 6.42. The molecule has 0 saturated heterocycles. The molecule has 0 spiro atoms. The number of halogens is 2. The van der Waals surface area contributed by atoms with E-state index in [1.807, 2.05) is 31.2 Å². The van der Waals surface area contributed by atoms with Gasteiger partial charge in [0.25, 0.3) is 0 Å². The standard InChI is InChI=1S/C16H17Cl2N/c1-3-19-16(12-5-4-6-13(17)10-12)14-8-7-11(2)9-15(14)18/h4-10,16,19H,3H2,1-2H3. The molecule has 2 rings (SSSR count). The first kappa shape index (κ1) is 14.4. The van der Waals surface area contributed by atoms with Gasteiger partial charge in [-0.15, -0.1) is 0 Å². The van der Waals surface area contributed by atoms with Gasteiger partial charge in [-0.25, -0.2) is 0 Å². The van der Waals surface area contributed by atoms with E-state index < -0.39 is 0 Å². The SMILES string of the molecule is CCNC(c1cccc(Cl)c1)c1ccc(C)cc1Cl. The summed E-state index contributed by atoms with van der Waals surface area (Å²) < 4.78 is 0. The van der Waals surface area contributed by atoms with Gasteiger partial charge in [0, 0.05) is 10.0 Å². The predicted octanol–water partition coefficient (Wildman–Crippen LogP) is 5.00. The summed E-state index contributed by atoms with van der Waals surface area (Å²) in [4.78, 5) is 0. The Labute approximate surface area is 124 Å². The van der Waals surface area contributed by atoms with Crippen LogP contribution in [0.25, 0.3) is 0 Å².